The monoisotopic (exact) mass is 530 g/mol. The zero-order valence-corrected chi connectivity index (χ0v) is 23.0. The van der Waals surface area contributed by atoms with Crippen LogP contribution in [0.4, 0.5) is 0 Å². The minimum absolute atomic E-state index is 0.188. The van der Waals surface area contributed by atoms with Gasteiger partial charge in [-0.15, -0.1) is 0 Å². The molecule has 1 aliphatic heterocycles. The van der Waals surface area contributed by atoms with E-state index in [4.69, 9.17) is 14.2 Å². The summed E-state index contributed by atoms with van der Waals surface area (Å²) in [6.07, 6.45) is 8.00. The molecule has 4 rings (SSSR count). The van der Waals surface area contributed by atoms with Gasteiger partial charge in [0.25, 0.3) is 5.91 Å². The lowest BCUT2D eigenvalue weighted by atomic mass is 9.83. The highest BCUT2D eigenvalue weighted by molar-refractivity contribution is 6.18. The average Bonchev–Trinajstić information content (AvgIpc) is 2.98. The molecule has 1 fully saturated rings. The quantitative estimate of drug-likeness (QED) is 0.324. The molecule has 0 aliphatic carbocycles. The van der Waals surface area contributed by atoms with Crippen LogP contribution in [0.15, 0.2) is 66.4 Å². The number of carbonyl (C=O) groups is 2. The van der Waals surface area contributed by atoms with Gasteiger partial charge in [0.2, 0.25) is 5.78 Å². The molecule has 0 atom stereocenters. The zero-order valence-electron chi connectivity index (χ0n) is 23.0. The van der Waals surface area contributed by atoms with Crippen LogP contribution in [0, 0.1) is 0 Å². The summed E-state index contributed by atoms with van der Waals surface area (Å²) < 4.78 is 16.3. The maximum atomic E-state index is 13.8. The Balaban J connectivity index is 1.75. The third-order valence-corrected chi connectivity index (χ3v) is 7.24. The van der Waals surface area contributed by atoms with E-state index >= 15 is 0 Å². The van der Waals surface area contributed by atoms with Crippen molar-refractivity contribution in [3.63, 3.8) is 0 Å². The number of likely N-dealkylation sites (tertiary alicyclic amines) is 1. The number of ether oxygens (including phenoxy) is 3. The summed E-state index contributed by atoms with van der Waals surface area (Å²) in [6.45, 7) is 4.57. The predicted molar refractivity (Wildman–Crippen MR) is 150 cm³/mol. The number of fused-ring (bicyclic) bond motifs is 1. The number of hydrogen-bond donors (Lipinski definition) is 1. The lowest BCUT2D eigenvalue weighted by Crippen LogP contribution is -2.47. The smallest absolute Gasteiger partial charge is 0.256 e. The van der Waals surface area contributed by atoms with Crippen molar-refractivity contribution in [2.24, 2.45) is 0 Å². The minimum atomic E-state index is -0.984. The Bertz CT molecular complexity index is 1450. The predicted octanol–water partition coefficient (Wildman–Crippen LogP) is 4.98. The van der Waals surface area contributed by atoms with Gasteiger partial charge >= 0.3 is 0 Å². The number of methoxy groups -OCH3 is 3. The second-order valence-electron chi connectivity index (χ2n) is 9.40. The minimum Gasteiger partial charge on any atom is -0.497 e. The Hall–Kier alpha value is -4.17. The van der Waals surface area contributed by atoms with Crippen molar-refractivity contribution in [2.45, 2.75) is 32.3 Å². The first-order chi connectivity index (χ1) is 18.8. The molecule has 0 unspecified atom stereocenters. The van der Waals surface area contributed by atoms with E-state index in [0.717, 1.165) is 5.57 Å². The summed E-state index contributed by atoms with van der Waals surface area (Å²) in [4.78, 5) is 33.5. The first-order valence-corrected chi connectivity index (χ1v) is 12.8. The molecule has 1 N–H and O–H groups in total. The van der Waals surface area contributed by atoms with Crippen LogP contribution in [0.3, 0.4) is 0 Å². The second kappa shape index (κ2) is 11.7. The van der Waals surface area contributed by atoms with E-state index in [1.54, 1.807) is 41.3 Å². The van der Waals surface area contributed by atoms with Crippen LogP contribution in [0.25, 0.3) is 10.8 Å². The largest absolute Gasteiger partial charge is 0.497 e. The van der Waals surface area contributed by atoms with Gasteiger partial charge in [0.1, 0.15) is 11.4 Å². The summed E-state index contributed by atoms with van der Waals surface area (Å²) in [5, 5.41) is 12.2. The molecule has 2 heterocycles. The summed E-state index contributed by atoms with van der Waals surface area (Å²) in [5.74, 6) is 0.868. The number of benzene rings is 2. The third-order valence-electron chi connectivity index (χ3n) is 7.24. The number of pyridine rings is 1. The number of nitrogens with zero attached hydrogens (tertiary/aromatic N) is 2. The van der Waals surface area contributed by atoms with Gasteiger partial charge < -0.3 is 24.2 Å². The van der Waals surface area contributed by atoms with Crippen LogP contribution in [0.2, 0.25) is 0 Å². The highest BCUT2D eigenvalue weighted by Crippen LogP contribution is 2.37. The molecule has 204 valence electrons. The van der Waals surface area contributed by atoms with Crippen LogP contribution >= 0.6 is 0 Å². The van der Waals surface area contributed by atoms with Crippen molar-refractivity contribution in [3.8, 4) is 17.2 Å². The Morgan fingerprint density at radius 3 is 2.23 bits per heavy atom. The van der Waals surface area contributed by atoms with E-state index in [-0.39, 0.29) is 17.4 Å². The molecule has 2 aromatic carbocycles. The zero-order chi connectivity index (χ0) is 28.2. The lowest BCUT2D eigenvalue weighted by molar-refractivity contribution is 0.0130. The van der Waals surface area contributed by atoms with Crippen LogP contribution in [0.5, 0.6) is 17.2 Å². The molecule has 3 aromatic rings. The first-order valence-electron chi connectivity index (χ1n) is 12.8. The van der Waals surface area contributed by atoms with E-state index in [1.165, 1.54) is 27.5 Å². The van der Waals surface area contributed by atoms with Crippen molar-refractivity contribution in [1.82, 2.24) is 9.88 Å². The Morgan fingerprint density at radius 1 is 0.974 bits per heavy atom. The van der Waals surface area contributed by atoms with E-state index in [1.807, 2.05) is 32.1 Å². The van der Waals surface area contributed by atoms with Gasteiger partial charge in [-0.1, -0.05) is 30.4 Å². The average molecular weight is 531 g/mol. The van der Waals surface area contributed by atoms with E-state index in [2.05, 4.69) is 4.98 Å². The van der Waals surface area contributed by atoms with E-state index < -0.39 is 5.60 Å². The van der Waals surface area contributed by atoms with Gasteiger partial charge in [0.05, 0.1) is 32.5 Å². The number of rotatable bonds is 8. The van der Waals surface area contributed by atoms with Crippen molar-refractivity contribution in [1.29, 1.82) is 0 Å². The van der Waals surface area contributed by atoms with Crippen molar-refractivity contribution >= 4 is 22.5 Å². The Morgan fingerprint density at radius 2 is 1.64 bits per heavy atom. The summed E-state index contributed by atoms with van der Waals surface area (Å²) in [6, 6.07) is 10.2. The van der Waals surface area contributed by atoms with Crippen molar-refractivity contribution in [3.05, 3.63) is 83.2 Å². The standard InChI is InChI=1S/C31H34N2O6/c1-6-9-21(7-2)31(36)12-14-33(15-13-31)30(35)25-19-32-28(29(34)20-10-8-11-22(16-20)37-3)24-18-27(39-5)26(38-4)17-23(24)25/h6-11,16-19,36H,12-15H2,1-5H3/b9-6-,21-7+. The highest BCUT2D eigenvalue weighted by Gasteiger charge is 2.36. The van der Waals surface area contributed by atoms with Crippen LogP contribution < -0.4 is 14.2 Å². The van der Waals surface area contributed by atoms with Gasteiger partial charge in [0, 0.05) is 35.6 Å². The molecule has 1 aromatic heterocycles. The maximum Gasteiger partial charge on any atom is 0.256 e. The SMILES string of the molecule is C/C=C\C(=C/C)C1(O)CCN(C(=O)c2cnc(C(=O)c3cccc(OC)c3)c3cc(OC)c(OC)cc23)CC1. The number of allylic oxidation sites excluding steroid dienone is 2. The number of ketones is 1. The molecule has 0 saturated carbocycles. The molecule has 8 heteroatoms. The second-order valence-corrected chi connectivity index (χ2v) is 9.40. The number of hydrogen-bond acceptors (Lipinski definition) is 7. The van der Waals surface area contributed by atoms with Crippen LogP contribution in [0.1, 0.15) is 53.1 Å². The molecular weight excluding hydrogens is 496 g/mol. The first kappa shape index (κ1) is 27.9. The fraction of sp³-hybridized carbons (Fsp3) is 0.323. The van der Waals surface area contributed by atoms with Gasteiger partial charge in [-0.25, -0.2) is 0 Å². The number of piperidine rings is 1. The molecule has 0 radical (unpaired) electrons. The Labute approximate surface area is 228 Å². The fourth-order valence-corrected chi connectivity index (χ4v) is 5.06. The van der Waals surface area contributed by atoms with Gasteiger partial charge in [-0.2, -0.15) is 0 Å². The molecule has 0 bridgehead atoms. The van der Waals surface area contributed by atoms with Crippen molar-refractivity contribution in [2.75, 3.05) is 34.4 Å². The maximum absolute atomic E-state index is 13.8. The van der Waals surface area contributed by atoms with Gasteiger partial charge in [-0.05, 0) is 56.5 Å². The number of aliphatic hydroxyl groups is 1. The van der Waals surface area contributed by atoms with Crippen LogP contribution in [-0.2, 0) is 0 Å². The normalized spacial score (nSPS) is 15.4. The molecule has 1 aliphatic rings. The summed E-state index contributed by atoms with van der Waals surface area (Å²) >= 11 is 0. The lowest BCUT2D eigenvalue weighted by Gasteiger charge is -2.39. The number of carbonyl (C=O) groups excluding carboxylic acids is 2. The topological polar surface area (TPSA) is 98.2 Å². The van der Waals surface area contributed by atoms with Gasteiger partial charge in [0.15, 0.2) is 11.5 Å². The molecule has 0 spiro atoms. The highest BCUT2D eigenvalue weighted by atomic mass is 16.5. The van der Waals surface area contributed by atoms with E-state index in [9.17, 15) is 14.7 Å². The van der Waals surface area contributed by atoms with Crippen LogP contribution in [-0.4, -0.2) is 66.7 Å². The van der Waals surface area contributed by atoms with Gasteiger partial charge in [-0.3, -0.25) is 14.6 Å². The van der Waals surface area contributed by atoms with Crippen molar-refractivity contribution < 1.29 is 28.9 Å². The molecule has 39 heavy (non-hydrogen) atoms. The molecule has 1 amide bonds. The molecule has 1 saturated heterocycles. The summed E-state index contributed by atoms with van der Waals surface area (Å²) in [5.41, 5.74) is 0.808. The third kappa shape index (κ3) is 5.38. The van der Waals surface area contributed by atoms with E-state index in [0.29, 0.717) is 65.1 Å². The molecule has 8 nitrogen and oxygen atoms in total. The summed E-state index contributed by atoms with van der Waals surface area (Å²) in [7, 11) is 4.57. The number of amides is 1. The number of aromatic nitrogens is 1. The fourth-order valence-electron chi connectivity index (χ4n) is 5.06. The Kier molecular flexibility index (Phi) is 8.35. The molecular formula is C31H34N2O6.